The molecular formula is C17H16N2OS. The van der Waals surface area contributed by atoms with Crippen LogP contribution in [0.4, 0.5) is 0 Å². The third kappa shape index (κ3) is 2.98. The Morgan fingerprint density at radius 1 is 1.43 bits per heavy atom. The molecule has 0 fully saturated rings. The van der Waals surface area contributed by atoms with Gasteiger partial charge in [-0.3, -0.25) is 0 Å². The van der Waals surface area contributed by atoms with Crippen molar-refractivity contribution in [3.63, 3.8) is 0 Å². The maximum Gasteiger partial charge on any atom is 0.134 e. The van der Waals surface area contributed by atoms with E-state index >= 15 is 0 Å². The number of nitrogens with zero attached hydrogens (tertiary/aromatic N) is 2. The minimum Gasteiger partial charge on any atom is -0.508 e. The number of phenolic OH excluding ortho intramolecular Hbond substituents is 1. The lowest BCUT2D eigenvalue weighted by Gasteiger charge is -2.15. The first-order valence-electron chi connectivity index (χ1n) is 7.05. The fourth-order valence-electron chi connectivity index (χ4n) is 2.53. The predicted molar refractivity (Wildman–Crippen MR) is 84.9 cm³/mol. The summed E-state index contributed by atoms with van der Waals surface area (Å²) < 4.78 is 0. The van der Waals surface area contributed by atoms with E-state index in [-0.39, 0.29) is 5.75 Å². The summed E-state index contributed by atoms with van der Waals surface area (Å²) in [5.74, 6) is 0.932. The molecule has 1 unspecified atom stereocenters. The number of nitriles is 1. The summed E-state index contributed by atoms with van der Waals surface area (Å²) in [5.41, 5.74) is 2.65. The zero-order chi connectivity index (χ0) is 14.8. The van der Waals surface area contributed by atoms with Crippen LogP contribution in [0.15, 0.2) is 24.3 Å². The summed E-state index contributed by atoms with van der Waals surface area (Å²) >= 11 is 1.64. The first kappa shape index (κ1) is 13.8. The van der Waals surface area contributed by atoms with Crippen LogP contribution in [0.3, 0.4) is 0 Å². The number of thiazole rings is 1. The maximum atomic E-state index is 9.41. The first-order valence-corrected chi connectivity index (χ1v) is 7.87. The number of fused-ring (bicyclic) bond motifs is 1. The zero-order valence-corrected chi connectivity index (χ0v) is 12.7. The van der Waals surface area contributed by atoms with Gasteiger partial charge in [0.05, 0.1) is 11.3 Å². The van der Waals surface area contributed by atoms with Crippen molar-refractivity contribution < 1.29 is 5.11 Å². The van der Waals surface area contributed by atoms with Crippen molar-refractivity contribution in [3.05, 3.63) is 45.4 Å². The van der Waals surface area contributed by atoms with Crippen LogP contribution in [0.2, 0.25) is 0 Å². The number of benzene rings is 1. The van der Waals surface area contributed by atoms with E-state index in [1.165, 1.54) is 17.0 Å². The van der Waals surface area contributed by atoms with E-state index < -0.39 is 0 Å². The topological polar surface area (TPSA) is 56.9 Å². The van der Waals surface area contributed by atoms with Gasteiger partial charge >= 0.3 is 0 Å². The van der Waals surface area contributed by atoms with Gasteiger partial charge in [-0.25, -0.2) is 4.98 Å². The van der Waals surface area contributed by atoms with Crippen LogP contribution >= 0.6 is 11.3 Å². The van der Waals surface area contributed by atoms with Crippen molar-refractivity contribution in [1.82, 2.24) is 4.98 Å². The number of rotatable bonds is 2. The smallest absolute Gasteiger partial charge is 0.134 e. The molecule has 21 heavy (non-hydrogen) atoms. The molecule has 0 bridgehead atoms. The molecule has 0 radical (unpaired) electrons. The van der Waals surface area contributed by atoms with Crippen LogP contribution in [0, 0.1) is 17.2 Å². The lowest BCUT2D eigenvalue weighted by Crippen LogP contribution is -2.09. The molecular weight excluding hydrogens is 280 g/mol. The van der Waals surface area contributed by atoms with Crippen molar-refractivity contribution in [3.8, 4) is 11.8 Å². The standard InChI is InChI=1S/C17H16N2OS/c1-11-2-7-15-16(8-11)21-17(19-15)13(10-18)9-12-3-5-14(20)6-4-12/h3-6,9,11,20H,2,7-8H2,1H3. The predicted octanol–water partition coefficient (Wildman–Crippen LogP) is 4.04. The highest BCUT2D eigenvalue weighted by Crippen LogP contribution is 2.33. The molecule has 0 aliphatic heterocycles. The molecule has 0 saturated heterocycles. The summed E-state index contributed by atoms with van der Waals surface area (Å²) in [5, 5.41) is 19.5. The number of hydrogen-bond donors (Lipinski definition) is 1. The Hall–Kier alpha value is -2.12. The van der Waals surface area contributed by atoms with Gasteiger partial charge in [-0.05, 0) is 49.0 Å². The number of aromatic nitrogens is 1. The molecule has 1 atom stereocenters. The van der Waals surface area contributed by atoms with E-state index in [4.69, 9.17) is 0 Å². The molecule has 3 nitrogen and oxygen atoms in total. The van der Waals surface area contributed by atoms with Gasteiger partial charge in [0.25, 0.3) is 0 Å². The summed E-state index contributed by atoms with van der Waals surface area (Å²) in [4.78, 5) is 5.98. The molecule has 1 N–H and O–H groups in total. The Morgan fingerprint density at radius 3 is 2.90 bits per heavy atom. The van der Waals surface area contributed by atoms with E-state index in [2.05, 4.69) is 18.0 Å². The van der Waals surface area contributed by atoms with Crippen molar-refractivity contribution in [2.75, 3.05) is 0 Å². The third-order valence-electron chi connectivity index (χ3n) is 3.74. The largest absolute Gasteiger partial charge is 0.508 e. The number of aromatic hydroxyl groups is 1. The minimum absolute atomic E-state index is 0.226. The second-order valence-corrected chi connectivity index (χ2v) is 6.58. The third-order valence-corrected chi connectivity index (χ3v) is 4.89. The van der Waals surface area contributed by atoms with E-state index in [1.54, 1.807) is 35.6 Å². The van der Waals surface area contributed by atoms with Crippen molar-refractivity contribution >= 4 is 23.0 Å². The summed E-state index contributed by atoms with van der Waals surface area (Å²) in [6, 6.07) is 9.08. The second-order valence-electron chi connectivity index (χ2n) is 5.50. The van der Waals surface area contributed by atoms with Crippen LogP contribution in [0.25, 0.3) is 11.6 Å². The lowest BCUT2D eigenvalue weighted by molar-refractivity contribution is 0.475. The normalized spacial score (nSPS) is 18.1. The Morgan fingerprint density at radius 2 is 2.19 bits per heavy atom. The number of phenols is 1. The average Bonchev–Trinajstić information content (AvgIpc) is 2.89. The van der Waals surface area contributed by atoms with Gasteiger partial charge in [-0.2, -0.15) is 5.26 Å². The number of allylic oxidation sites excluding steroid dienone is 1. The van der Waals surface area contributed by atoms with Gasteiger partial charge in [0.15, 0.2) is 0 Å². The molecule has 1 heterocycles. The highest BCUT2D eigenvalue weighted by atomic mass is 32.1. The van der Waals surface area contributed by atoms with E-state index in [9.17, 15) is 10.4 Å². The van der Waals surface area contributed by atoms with Gasteiger partial charge in [-0.1, -0.05) is 19.1 Å². The van der Waals surface area contributed by atoms with E-state index in [0.29, 0.717) is 11.5 Å². The molecule has 0 amide bonds. The molecule has 2 aromatic rings. The molecule has 1 aromatic carbocycles. The zero-order valence-electron chi connectivity index (χ0n) is 11.8. The summed E-state index contributed by atoms with van der Waals surface area (Å²) in [6.07, 6.45) is 5.10. The fourth-order valence-corrected chi connectivity index (χ4v) is 3.77. The lowest BCUT2D eigenvalue weighted by atomic mass is 9.93. The van der Waals surface area contributed by atoms with Crippen LogP contribution < -0.4 is 0 Å². The summed E-state index contributed by atoms with van der Waals surface area (Å²) in [6.45, 7) is 2.26. The van der Waals surface area contributed by atoms with Crippen LogP contribution in [0.5, 0.6) is 5.75 Å². The fraction of sp³-hybridized carbons (Fsp3) is 0.294. The second kappa shape index (κ2) is 5.71. The molecule has 3 rings (SSSR count). The Kier molecular flexibility index (Phi) is 3.76. The highest BCUT2D eigenvalue weighted by Gasteiger charge is 2.20. The molecule has 1 aliphatic rings. The van der Waals surface area contributed by atoms with Crippen molar-refractivity contribution in [1.29, 1.82) is 5.26 Å². The molecule has 106 valence electrons. The van der Waals surface area contributed by atoms with Gasteiger partial charge in [0.2, 0.25) is 0 Å². The van der Waals surface area contributed by atoms with Gasteiger partial charge in [0, 0.05) is 4.88 Å². The monoisotopic (exact) mass is 296 g/mol. The van der Waals surface area contributed by atoms with Crippen LogP contribution in [-0.2, 0) is 12.8 Å². The molecule has 0 saturated carbocycles. The van der Waals surface area contributed by atoms with Crippen molar-refractivity contribution in [2.45, 2.75) is 26.2 Å². The molecule has 0 spiro atoms. The Balaban J connectivity index is 1.94. The van der Waals surface area contributed by atoms with Crippen molar-refractivity contribution in [2.24, 2.45) is 5.92 Å². The minimum atomic E-state index is 0.226. The van der Waals surface area contributed by atoms with Crippen LogP contribution in [0.1, 0.15) is 34.5 Å². The first-order chi connectivity index (χ1) is 10.2. The van der Waals surface area contributed by atoms with E-state index in [1.807, 2.05) is 6.08 Å². The average molecular weight is 296 g/mol. The van der Waals surface area contributed by atoms with Gasteiger partial charge < -0.3 is 5.11 Å². The summed E-state index contributed by atoms with van der Waals surface area (Å²) in [7, 11) is 0. The highest BCUT2D eigenvalue weighted by molar-refractivity contribution is 7.13. The Labute approximate surface area is 128 Å². The van der Waals surface area contributed by atoms with Crippen LogP contribution in [-0.4, -0.2) is 10.1 Å². The quantitative estimate of drug-likeness (QED) is 0.851. The van der Waals surface area contributed by atoms with Gasteiger partial charge in [-0.15, -0.1) is 11.3 Å². The van der Waals surface area contributed by atoms with E-state index in [0.717, 1.165) is 23.4 Å². The number of hydrogen-bond acceptors (Lipinski definition) is 4. The molecule has 1 aromatic heterocycles. The number of aryl methyl sites for hydroxylation is 1. The molecule has 4 heteroatoms. The van der Waals surface area contributed by atoms with Gasteiger partial charge in [0.1, 0.15) is 16.8 Å². The Bertz CT molecular complexity index is 722. The molecule has 1 aliphatic carbocycles. The SMILES string of the molecule is CC1CCc2nc(C(C#N)=Cc3ccc(O)cc3)sc2C1. The maximum absolute atomic E-state index is 9.41.